The molecule has 1 amide bonds. The van der Waals surface area contributed by atoms with Crippen LogP contribution in [0.15, 0.2) is 24.3 Å². The molecule has 5 nitrogen and oxygen atoms in total. The maximum absolute atomic E-state index is 12.0. The van der Waals surface area contributed by atoms with Crippen LogP contribution in [0.25, 0.3) is 0 Å². The number of primary amides is 1. The summed E-state index contributed by atoms with van der Waals surface area (Å²) in [4.78, 5) is 14.7. The third-order valence-electron chi connectivity index (χ3n) is 7.16. The fourth-order valence-corrected chi connectivity index (χ4v) is 4.80. The first-order valence-electron chi connectivity index (χ1n) is 11.0. The lowest BCUT2D eigenvalue weighted by molar-refractivity contribution is -0.133. The van der Waals surface area contributed by atoms with Crippen LogP contribution < -0.4 is 10.5 Å². The maximum atomic E-state index is 12.0. The van der Waals surface area contributed by atoms with E-state index in [0.717, 1.165) is 50.3 Å². The minimum Gasteiger partial charge on any atom is -0.490 e. The van der Waals surface area contributed by atoms with Crippen LogP contribution in [0.2, 0.25) is 0 Å². The largest absolute Gasteiger partial charge is 0.490 e. The molecule has 154 valence electrons. The van der Waals surface area contributed by atoms with Crippen molar-refractivity contribution in [2.24, 2.45) is 11.1 Å². The Labute approximate surface area is 168 Å². The van der Waals surface area contributed by atoms with Gasteiger partial charge in [0, 0.05) is 32.3 Å². The van der Waals surface area contributed by atoms with Gasteiger partial charge in [-0.25, -0.2) is 0 Å². The predicted molar refractivity (Wildman–Crippen MR) is 109 cm³/mol. The van der Waals surface area contributed by atoms with Crippen molar-refractivity contribution in [2.75, 3.05) is 26.3 Å². The molecule has 1 saturated carbocycles. The van der Waals surface area contributed by atoms with Gasteiger partial charge in [0.25, 0.3) is 0 Å². The Morgan fingerprint density at radius 1 is 1.11 bits per heavy atom. The second kappa shape index (κ2) is 8.83. The molecule has 4 rings (SSSR count). The zero-order valence-corrected chi connectivity index (χ0v) is 16.9. The molecule has 28 heavy (non-hydrogen) atoms. The number of carbonyl (C=O) groups excluding carboxylic acids is 1. The molecule has 3 fully saturated rings. The molecule has 5 heteroatoms. The second-order valence-electron chi connectivity index (χ2n) is 8.84. The summed E-state index contributed by atoms with van der Waals surface area (Å²) in [5.74, 6) is 0.783. The summed E-state index contributed by atoms with van der Waals surface area (Å²) in [5, 5.41) is 0. The van der Waals surface area contributed by atoms with E-state index >= 15 is 0 Å². The molecule has 2 saturated heterocycles. The number of nitrogens with zero attached hydrogens (tertiary/aromatic N) is 1. The fourth-order valence-electron chi connectivity index (χ4n) is 4.80. The number of piperidine rings is 1. The molecule has 0 bridgehead atoms. The highest BCUT2D eigenvalue weighted by molar-refractivity contribution is 5.80. The summed E-state index contributed by atoms with van der Waals surface area (Å²) in [6, 6.07) is 9.27. The number of hydrogen-bond donors (Lipinski definition) is 1. The van der Waals surface area contributed by atoms with Gasteiger partial charge in [0.2, 0.25) is 5.91 Å². The molecule has 3 aliphatic rings. The van der Waals surface area contributed by atoms with Crippen LogP contribution >= 0.6 is 0 Å². The van der Waals surface area contributed by atoms with Gasteiger partial charge in [-0.2, -0.15) is 0 Å². The van der Waals surface area contributed by atoms with Crippen molar-refractivity contribution in [3.8, 4) is 5.75 Å². The number of likely N-dealkylation sites (tertiary alicyclic amines) is 1. The Bertz CT molecular complexity index is 642. The number of nitrogens with two attached hydrogens (primary N) is 1. The van der Waals surface area contributed by atoms with Gasteiger partial charge in [0.05, 0.1) is 5.41 Å². The van der Waals surface area contributed by atoms with Crippen molar-refractivity contribution in [1.82, 2.24) is 4.90 Å². The highest BCUT2D eigenvalue weighted by Crippen LogP contribution is 2.35. The van der Waals surface area contributed by atoms with Crippen LogP contribution in [-0.4, -0.2) is 49.3 Å². The normalized spacial score (nSPS) is 23.9. The monoisotopic (exact) mass is 386 g/mol. The molecular formula is C23H34N2O3. The summed E-state index contributed by atoms with van der Waals surface area (Å²) in [7, 11) is 0. The van der Waals surface area contributed by atoms with Gasteiger partial charge in [-0.1, -0.05) is 18.6 Å². The van der Waals surface area contributed by atoms with E-state index in [-0.39, 0.29) is 5.91 Å². The van der Waals surface area contributed by atoms with Gasteiger partial charge < -0.3 is 20.1 Å². The van der Waals surface area contributed by atoms with Gasteiger partial charge in [-0.3, -0.25) is 4.79 Å². The molecule has 0 atom stereocenters. The standard InChI is InChI=1S/C23H34N2O3/c24-22(26)23(12-16-27-17-13-23)11-8-18-4-6-20(7-5-18)28-21-9-14-25(15-10-21)19-2-1-3-19/h4-7,19,21H,1-3,8-17H2,(H2,24,26). The Morgan fingerprint density at radius 2 is 1.79 bits per heavy atom. The van der Waals surface area contributed by atoms with Gasteiger partial charge in [0.1, 0.15) is 11.9 Å². The summed E-state index contributed by atoms with van der Waals surface area (Å²) >= 11 is 0. The molecule has 2 N–H and O–H groups in total. The first-order valence-corrected chi connectivity index (χ1v) is 11.0. The number of amides is 1. The number of aryl methyl sites for hydroxylation is 1. The third-order valence-corrected chi connectivity index (χ3v) is 7.16. The molecule has 1 aromatic carbocycles. The van der Waals surface area contributed by atoms with Crippen molar-refractivity contribution in [3.63, 3.8) is 0 Å². The first kappa shape index (κ1) is 19.7. The molecule has 0 aromatic heterocycles. The average molecular weight is 387 g/mol. The molecule has 2 aliphatic heterocycles. The average Bonchev–Trinajstić information content (AvgIpc) is 2.68. The van der Waals surface area contributed by atoms with Gasteiger partial charge >= 0.3 is 0 Å². The van der Waals surface area contributed by atoms with E-state index in [1.54, 1.807) is 0 Å². The zero-order chi connectivity index (χ0) is 19.4. The minimum absolute atomic E-state index is 0.177. The summed E-state index contributed by atoms with van der Waals surface area (Å²) in [5.41, 5.74) is 6.55. The molecular weight excluding hydrogens is 352 g/mol. The number of rotatable bonds is 7. The maximum Gasteiger partial charge on any atom is 0.223 e. The first-order chi connectivity index (χ1) is 13.6. The van der Waals surface area contributed by atoms with Crippen molar-refractivity contribution in [3.05, 3.63) is 29.8 Å². The summed E-state index contributed by atoms with van der Waals surface area (Å²) < 4.78 is 11.6. The molecule has 0 unspecified atom stereocenters. The Kier molecular flexibility index (Phi) is 6.22. The number of ether oxygens (including phenoxy) is 2. The number of carbonyl (C=O) groups is 1. The fraction of sp³-hybridized carbons (Fsp3) is 0.696. The van der Waals surface area contributed by atoms with Crippen LogP contribution in [0.5, 0.6) is 5.75 Å². The lowest BCUT2D eigenvalue weighted by Gasteiger charge is -2.41. The van der Waals surface area contributed by atoms with Crippen LogP contribution in [0.3, 0.4) is 0 Å². The molecule has 2 heterocycles. The minimum atomic E-state index is -0.401. The van der Waals surface area contributed by atoms with Crippen molar-refractivity contribution >= 4 is 5.91 Å². The zero-order valence-electron chi connectivity index (χ0n) is 16.9. The van der Waals surface area contributed by atoms with Crippen LogP contribution in [0.4, 0.5) is 0 Å². The summed E-state index contributed by atoms with van der Waals surface area (Å²) in [6.45, 7) is 3.61. The number of hydrogen-bond acceptors (Lipinski definition) is 4. The predicted octanol–water partition coefficient (Wildman–Crippen LogP) is 3.30. The molecule has 1 aliphatic carbocycles. The van der Waals surface area contributed by atoms with Crippen molar-refractivity contribution < 1.29 is 14.3 Å². The summed E-state index contributed by atoms with van der Waals surface area (Å²) in [6.07, 6.45) is 9.90. The molecule has 1 aromatic rings. The molecule has 0 radical (unpaired) electrons. The van der Waals surface area contributed by atoms with Crippen LogP contribution in [0, 0.1) is 5.41 Å². The lowest BCUT2D eigenvalue weighted by Crippen LogP contribution is -2.46. The van der Waals surface area contributed by atoms with E-state index in [2.05, 4.69) is 29.2 Å². The van der Waals surface area contributed by atoms with Crippen LogP contribution in [-0.2, 0) is 16.0 Å². The second-order valence-corrected chi connectivity index (χ2v) is 8.84. The van der Waals surface area contributed by atoms with E-state index < -0.39 is 5.41 Å². The van der Waals surface area contributed by atoms with E-state index in [1.165, 1.54) is 37.9 Å². The van der Waals surface area contributed by atoms with E-state index in [4.69, 9.17) is 15.2 Å². The Hall–Kier alpha value is -1.59. The van der Waals surface area contributed by atoms with Crippen LogP contribution in [0.1, 0.15) is 56.9 Å². The lowest BCUT2D eigenvalue weighted by atomic mass is 9.75. The quantitative estimate of drug-likeness (QED) is 0.781. The smallest absolute Gasteiger partial charge is 0.223 e. The van der Waals surface area contributed by atoms with Crippen molar-refractivity contribution in [1.29, 1.82) is 0 Å². The highest BCUT2D eigenvalue weighted by atomic mass is 16.5. The van der Waals surface area contributed by atoms with Gasteiger partial charge in [-0.05, 0) is 69.1 Å². The highest BCUT2D eigenvalue weighted by Gasteiger charge is 2.37. The van der Waals surface area contributed by atoms with Gasteiger partial charge in [0.15, 0.2) is 0 Å². The number of benzene rings is 1. The van der Waals surface area contributed by atoms with E-state index in [1.807, 2.05) is 0 Å². The van der Waals surface area contributed by atoms with E-state index in [0.29, 0.717) is 19.3 Å². The van der Waals surface area contributed by atoms with Crippen molar-refractivity contribution in [2.45, 2.75) is 69.9 Å². The topological polar surface area (TPSA) is 64.8 Å². The van der Waals surface area contributed by atoms with E-state index in [9.17, 15) is 4.79 Å². The Morgan fingerprint density at radius 3 is 2.36 bits per heavy atom. The SMILES string of the molecule is NC(=O)C1(CCc2ccc(OC3CCN(C4CCC4)CC3)cc2)CCOCC1. The third kappa shape index (κ3) is 4.52. The Balaban J connectivity index is 1.25. The molecule has 0 spiro atoms. The van der Waals surface area contributed by atoms with Gasteiger partial charge in [-0.15, -0.1) is 0 Å².